The summed E-state index contributed by atoms with van der Waals surface area (Å²) in [5, 5.41) is 12.3. The van der Waals surface area contributed by atoms with Gasteiger partial charge in [0.05, 0.1) is 5.41 Å². The van der Waals surface area contributed by atoms with E-state index in [1.54, 1.807) is 0 Å². The fraction of sp³-hybridized carbons (Fsp3) is 0.500. The fourth-order valence-electron chi connectivity index (χ4n) is 4.84. The molecule has 0 aliphatic carbocycles. The lowest BCUT2D eigenvalue weighted by atomic mass is 9.80. The molecular formula is C26H36O2Si. The molecule has 29 heavy (non-hydrogen) atoms. The van der Waals surface area contributed by atoms with E-state index < -0.39 is 19.5 Å². The first-order chi connectivity index (χ1) is 13.5. The van der Waals surface area contributed by atoms with Gasteiger partial charge < -0.3 is 5.11 Å². The van der Waals surface area contributed by atoms with Crippen molar-refractivity contribution >= 4 is 24.8 Å². The molecule has 0 aliphatic heterocycles. The molecule has 0 heterocycles. The maximum absolute atomic E-state index is 12.2. The molecule has 0 spiro atoms. The molecule has 0 bridgehead atoms. The molecule has 156 valence electrons. The van der Waals surface area contributed by atoms with Crippen molar-refractivity contribution < 1.29 is 9.90 Å². The summed E-state index contributed by atoms with van der Waals surface area (Å²) >= 11 is 0. The van der Waals surface area contributed by atoms with Gasteiger partial charge in [0, 0.05) is 6.42 Å². The van der Waals surface area contributed by atoms with Crippen molar-refractivity contribution in [3.8, 4) is 11.5 Å². The Hall–Kier alpha value is -2.05. The molecule has 0 amide bonds. The number of fused-ring (bicyclic) bond motifs is 1. The Kier molecular flexibility index (Phi) is 7.35. The van der Waals surface area contributed by atoms with Crippen LogP contribution in [0.4, 0.5) is 0 Å². The number of carboxylic acids is 1. The first-order valence-electron chi connectivity index (χ1n) is 10.7. The van der Waals surface area contributed by atoms with Crippen LogP contribution in [0.1, 0.15) is 60.5 Å². The third kappa shape index (κ3) is 4.93. The third-order valence-electron chi connectivity index (χ3n) is 6.57. The summed E-state index contributed by atoms with van der Waals surface area (Å²) in [6.45, 7) is 15.5. The summed E-state index contributed by atoms with van der Waals surface area (Å²) in [7, 11) is -1.84. The standard InChI is InChI=1S/C26H36O2Si/c1-19(2)29(20(3)4,21(5)6)16-10-15-26(7,25(27)28)18-22-13-14-23-11-8-9-12-24(23)17-22/h8-9,11-14,17,19-21H,15,18H2,1-7H3,(H,27,28). The summed E-state index contributed by atoms with van der Waals surface area (Å²) in [6.07, 6.45) is 0.873. The second-order valence-corrected chi connectivity index (χ2v) is 15.2. The number of rotatable bonds is 7. The Bertz CT molecular complexity index is 895. The van der Waals surface area contributed by atoms with Crippen LogP contribution in [0.15, 0.2) is 42.5 Å². The van der Waals surface area contributed by atoms with Crippen LogP contribution in [0.2, 0.25) is 16.6 Å². The zero-order valence-electron chi connectivity index (χ0n) is 19.0. The second-order valence-electron chi connectivity index (χ2n) is 9.60. The molecule has 1 atom stereocenters. The van der Waals surface area contributed by atoms with Crippen molar-refractivity contribution in [1.29, 1.82) is 0 Å². The molecule has 0 radical (unpaired) electrons. The minimum atomic E-state index is -1.84. The van der Waals surface area contributed by atoms with Gasteiger partial charge in [0.25, 0.3) is 0 Å². The Morgan fingerprint density at radius 2 is 1.52 bits per heavy atom. The van der Waals surface area contributed by atoms with E-state index in [1.807, 2.05) is 25.1 Å². The van der Waals surface area contributed by atoms with E-state index >= 15 is 0 Å². The quantitative estimate of drug-likeness (QED) is 0.392. The summed E-state index contributed by atoms with van der Waals surface area (Å²) in [6, 6.07) is 14.4. The van der Waals surface area contributed by atoms with Gasteiger partial charge in [-0.1, -0.05) is 84.0 Å². The number of carbonyl (C=O) groups is 1. The molecule has 2 rings (SSSR count). The van der Waals surface area contributed by atoms with Gasteiger partial charge in [-0.05, 0) is 46.3 Å². The normalized spacial score (nSPS) is 14.1. The molecule has 1 unspecified atom stereocenters. The van der Waals surface area contributed by atoms with Crippen molar-refractivity contribution in [3.05, 3.63) is 48.0 Å². The summed E-state index contributed by atoms with van der Waals surface area (Å²) < 4.78 is 0. The van der Waals surface area contributed by atoms with Gasteiger partial charge >= 0.3 is 5.97 Å². The Morgan fingerprint density at radius 3 is 2.03 bits per heavy atom. The predicted molar refractivity (Wildman–Crippen MR) is 127 cm³/mol. The number of benzene rings is 2. The Labute approximate surface area is 177 Å². The number of carboxylic acid groups (broad SMARTS) is 1. The minimum Gasteiger partial charge on any atom is -0.481 e. The highest BCUT2D eigenvalue weighted by molar-refractivity contribution is 6.90. The molecule has 3 heteroatoms. The van der Waals surface area contributed by atoms with Crippen LogP contribution in [0.25, 0.3) is 10.8 Å². The summed E-state index contributed by atoms with van der Waals surface area (Å²) in [4.78, 5) is 12.2. The third-order valence-corrected chi connectivity index (χ3v) is 12.9. The zero-order valence-corrected chi connectivity index (χ0v) is 20.0. The second kappa shape index (κ2) is 9.18. The SMILES string of the molecule is CC(C)[Si](C#CCC(C)(Cc1ccc2ccccc2c1)C(=O)O)(C(C)C)C(C)C. The van der Waals surface area contributed by atoms with Gasteiger partial charge in [-0.3, -0.25) is 4.79 Å². The van der Waals surface area contributed by atoms with E-state index in [4.69, 9.17) is 0 Å². The number of aliphatic carboxylic acids is 1. The van der Waals surface area contributed by atoms with Crippen LogP contribution >= 0.6 is 0 Å². The van der Waals surface area contributed by atoms with Crippen LogP contribution in [-0.4, -0.2) is 19.1 Å². The van der Waals surface area contributed by atoms with E-state index in [-0.39, 0.29) is 0 Å². The minimum absolute atomic E-state index is 0.385. The van der Waals surface area contributed by atoms with Crippen LogP contribution < -0.4 is 0 Å². The van der Waals surface area contributed by atoms with Crippen molar-refractivity contribution in [2.24, 2.45) is 5.41 Å². The lowest BCUT2D eigenvalue weighted by molar-refractivity contribution is -0.147. The smallest absolute Gasteiger partial charge is 0.310 e. The average molecular weight is 409 g/mol. The van der Waals surface area contributed by atoms with Gasteiger partial charge in [0.2, 0.25) is 0 Å². The molecule has 1 N–H and O–H groups in total. The van der Waals surface area contributed by atoms with Gasteiger partial charge in [-0.2, -0.15) is 0 Å². The van der Waals surface area contributed by atoms with E-state index in [0.717, 1.165) is 10.9 Å². The largest absolute Gasteiger partial charge is 0.481 e. The number of hydrogen-bond acceptors (Lipinski definition) is 1. The molecule has 0 saturated carbocycles. The zero-order chi connectivity index (χ0) is 21.8. The maximum Gasteiger partial charge on any atom is 0.310 e. The molecule has 2 aromatic carbocycles. The van der Waals surface area contributed by atoms with E-state index in [1.165, 1.54) is 5.39 Å². The van der Waals surface area contributed by atoms with Crippen molar-refractivity contribution in [3.63, 3.8) is 0 Å². The van der Waals surface area contributed by atoms with Crippen LogP contribution in [0.3, 0.4) is 0 Å². The molecule has 0 aromatic heterocycles. The lowest BCUT2D eigenvalue weighted by Crippen LogP contribution is -2.43. The fourth-order valence-corrected chi connectivity index (χ4v) is 10.1. The highest BCUT2D eigenvalue weighted by Gasteiger charge is 2.42. The first kappa shape index (κ1) is 23.2. The maximum atomic E-state index is 12.2. The van der Waals surface area contributed by atoms with Gasteiger partial charge in [-0.15, -0.1) is 11.5 Å². The van der Waals surface area contributed by atoms with E-state index in [2.05, 4.69) is 77.3 Å². The Balaban J connectivity index is 2.33. The van der Waals surface area contributed by atoms with Gasteiger partial charge in [0.15, 0.2) is 0 Å². The molecule has 0 saturated heterocycles. The molecule has 0 aliphatic rings. The lowest BCUT2D eigenvalue weighted by Gasteiger charge is -2.38. The van der Waals surface area contributed by atoms with Crippen LogP contribution in [0.5, 0.6) is 0 Å². The van der Waals surface area contributed by atoms with Crippen LogP contribution in [0, 0.1) is 16.9 Å². The average Bonchev–Trinajstić information content (AvgIpc) is 2.64. The highest BCUT2D eigenvalue weighted by Crippen LogP contribution is 2.41. The molecular weight excluding hydrogens is 372 g/mol. The van der Waals surface area contributed by atoms with Crippen molar-refractivity contribution in [1.82, 2.24) is 0 Å². The monoisotopic (exact) mass is 408 g/mol. The molecule has 2 aromatic rings. The summed E-state index contributed by atoms with van der Waals surface area (Å²) in [5.74, 6) is 2.61. The number of hydrogen-bond donors (Lipinski definition) is 1. The predicted octanol–water partition coefficient (Wildman–Crippen LogP) is 7.08. The molecule has 2 nitrogen and oxygen atoms in total. The van der Waals surface area contributed by atoms with Crippen molar-refractivity contribution in [2.75, 3.05) is 0 Å². The summed E-state index contributed by atoms with van der Waals surface area (Å²) in [5.41, 5.74) is 5.49. The van der Waals surface area contributed by atoms with Gasteiger partial charge in [0.1, 0.15) is 8.07 Å². The molecule has 0 fully saturated rings. The van der Waals surface area contributed by atoms with Crippen molar-refractivity contribution in [2.45, 2.75) is 77.9 Å². The topological polar surface area (TPSA) is 37.3 Å². The van der Waals surface area contributed by atoms with Gasteiger partial charge in [-0.25, -0.2) is 0 Å². The van der Waals surface area contributed by atoms with E-state index in [0.29, 0.717) is 29.5 Å². The van der Waals surface area contributed by atoms with E-state index in [9.17, 15) is 9.90 Å². The Morgan fingerprint density at radius 1 is 0.966 bits per heavy atom. The van der Waals surface area contributed by atoms with Crippen LogP contribution in [-0.2, 0) is 11.2 Å². The first-order valence-corrected chi connectivity index (χ1v) is 13.0. The highest BCUT2D eigenvalue weighted by atomic mass is 28.3.